The molecule has 4 heterocycles. The van der Waals surface area contributed by atoms with Crippen LogP contribution >= 0.6 is 0 Å². The molecular weight excluding hydrogens is 248 g/mol. The zero-order chi connectivity index (χ0) is 13.5. The first-order chi connectivity index (χ1) is 9.81. The Labute approximate surface area is 116 Å². The Kier molecular flexibility index (Phi) is 2.42. The van der Waals surface area contributed by atoms with Crippen molar-refractivity contribution >= 4 is 11.9 Å². The van der Waals surface area contributed by atoms with Gasteiger partial charge in [-0.1, -0.05) is 0 Å². The minimum Gasteiger partial charge on any atom is -0.306 e. The van der Waals surface area contributed by atoms with Crippen molar-refractivity contribution in [3.63, 3.8) is 0 Å². The number of aryl methyl sites for hydroxylation is 1. The minimum absolute atomic E-state index is 0.847. The van der Waals surface area contributed by atoms with Gasteiger partial charge in [0.2, 0.25) is 0 Å². The van der Waals surface area contributed by atoms with E-state index >= 15 is 0 Å². The van der Waals surface area contributed by atoms with E-state index in [0.29, 0.717) is 0 Å². The molecule has 4 rings (SSSR count). The summed E-state index contributed by atoms with van der Waals surface area (Å²) in [5, 5.41) is 0. The molecule has 1 aliphatic heterocycles. The number of rotatable bonds is 1. The van der Waals surface area contributed by atoms with E-state index in [4.69, 9.17) is 0 Å². The van der Waals surface area contributed by atoms with E-state index in [9.17, 15) is 0 Å². The van der Waals surface area contributed by atoms with Gasteiger partial charge in [0.25, 0.3) is 0 Å². The van der Waals surface area contributed by atoms with Crippen molar-refractivity contribution in [2.24, 2.45) is 4.99 Å². The standard InChI is InChI=1S/C16H14N4/c1-11-6-16-18-4-5-20(16)10-14(11)12-7-13-8-17-3-2-15(13)19-9-12/h4-10H,2-3H2,1H3. The average Bonchev–Trinajstić information content (AvgIpc) is 2.93. The zero-order valence-electron chi connectivity index (χ0n) is 11.2. The maximum absolute atomic E-state index is 4.59. The van der Waals surface area contributed by atoms with E-state index in [1.54, 1.807) is 0 Å². The third kappa shape index (κ3) is 1.72. The molecule has 0 saturated carbocycles. The molecule has 0 atom stereocenters. The van der Waals surface area contributed by atoms with Gasteiger partial charge >= 0.3 is 0 Å². The summed E-state index contributed by atoms with van der Waals surface area (Å²) in [4.78, 5) is 13.2. The van der Waals surface area contributed by atoms with Gasteiger partial charge in [0.1, 0.15) is 5.65 Å². The lowest BCUT2D eigenvalue weighted by atomic mass is 10.0. The molecule has 4 nitrogen and oxygen atoms in total. The first kappa shape index (κ1) is 11.3. The molecule has 0 bridgehead atoms. The molecule has 0 amide bonds. The Hall–Kier alpha value is -2.49. The molecule has 0 saturated heterocycles. The summed E-state index contributed by atoms with van der Waals surface area (Å²) in [7, 11) is 0. The summed E-state index contributed by atoms with van der Waals surface area (Å²) in [6.07, 6.45) is 10.7. The highest BCUT2D eigenvalue weighted by Gasteiger charge is 2.11. The molecule has 0 N–H and O–H groups in total. The quantitative estimate of drug-likeness (QED) is 0.676. The van der Waals surface area contributed by atoms with Crippen LogP contribution < -0.4 is 0 Å². The Morgan fingerprint density at radius 2 is 2.15 bits per heavy atom. The number of hydrogen-bond acceptors (Lipinski definition) is 3. The van der Waals surface area contributed by atoms with Crippen LogP contribution in [0.5, 0.6) is 0 Å². The summed E-state index contributed by atoms with van der Waals surface area (Å²) in [6.45, 7) is 2.96. The Morgan fingerprint density at radius 1 is 1.20 bits per heavy atom. The van der Waals surface area contributed by atoms with Gasteiger partial charge in [0, 0.05) is 60.7 Å². The highest BCUT2D eigenvalue weighted by molar-refractivity contribution is 5.85. The Bertz CT molecular complexity index is 830. The van der Waals surface area contributed by atoms with E-state index < -0.39 is 0 Å². The van der Waals surface area contributed by atoms with Gasteiger partial charge < -0.3 is 4.40 Å². The van der Waals surface area contributed by atoms with Crippen molar-refractivity contribution < 1.29 is 0 Å². The SMILES string of the molecule is Cc1cc2nccn2cc1-c1cnc2c(c1)C=NCC2. The number of imidazole rings is 1. The van der Waals surface area contributed by atoms with E-state index in [0.717, 1.165) is 35.4 Å². The lowest BCUT2D eigenvalue weighted by Crippen LogP contribution is -2.05. The Morgan fingerprint density at radius 3 is 3.10 bits per heavy atom. The van der Waals surface area contributed by atoms with E-state index in [-0.39, 0.29) is 0 Å². The summed E-state index contributed by atoms with van der Waals surface area (Å²) in [5.74, 6) is 0. The molecule has 20 heavy (non-hydrogen) atoms. The molecule has 3 aromatic heterocycles. The highest BCUT2D eigenvalue weighted by atomic mass is 15.0. The van der Waals surface area contributed by atoms with Gasteiger partial charge in [0.15, 0.2) is 0 Å². The second-order valence-corrected chi connectivity index (χ2v) is 5.11. The van der Waals surface area contributed by atoms with Gasteiger partial charge in [-0.2, -0.15) is 0 Å². The topological polar surface area (TPSA) is 42.5 Å². The monoisotopic (exact) mass is 262 g/mol. The summed E-state index contributed by atoms with van der Waals surface area (Å²) >= 11 is 0. The number of hydrogen-bond donors (Lipinski definition) is 0. The summed E-state index contributed by atoms with van der Waals surface area (Å²) < 4.78 is 2.04. The fourth-order valence-electron chi connectivity index (χ4n) is 2.67. The van der Waals surface area contributed by atoms with Crippen LogP contribution in [-0.4, -0.2) is 27.1 Å². The summed E-state index contributed by atoms with van der Waals surface area (Å²) in [6, 6.07) is 4.28. The lowest BCUT2D eigenvalue weighted by molar-refractivity contribution is 0.906. The smallest absolute Gasteiger partial charge is 0.136 e. The molecule has 0 aromatic carbocycles. The molecule has 98 valence electrons. The molecule has 0 aliphatic carbocycles. The molecule has 0 radical (unpaired) electrons. The van der Waals surface area contributed by atoms with Crippen molar-refractivity contribution in [1.82, 2.24) is 14.4 Å². The molecule has 3 aromatic rings. The zero-order valence-corrected chi connectivity index (χ0v) is 11.2. The van der Waals surface area contributed by atoms with Crippen LogP contribution in [0.3, 0.4) is 0 Å². The lowest BCUT2D eigenvalue weighted by Gasteiger charge is -2.12. The number of pyridine rings is 2. The Balaban J connectivity index is 1.90. The second kappa shape index (κ2) is 4.27. The molecule has 0 unspecified atom stereocenters. The van der Waals surface area contributed by atoms with Crippen molar-refractivity contribution in [2.45, 2.75) is 13.3 Å². The third-order valence-electron chi connectivity index (χ3n) is 3.76. The molecular formula is C16H14N4. The van der Waals surface area contributed by atoms with Gasteiger partial charge in [-0.3, -0.25) is 9.98 Å². The van der Waals surface area contributed by atoms with E-state index in [1.165, 1.54) is 11.1 Å². The predicted octanol–water partition coefficient (Wildman–Crippen LogP) is 2.68. The summed E-state index contributed by atoms with van der Waals surface area (Å²) in [5.41, 5.74) is 6.77. The van der Waals surface area contributed by atoms with Crippen LogP contribution in [0.15, 0.2) is 41.9 Å². The number of aromatic nitrogens is 3. The van der Waals surface area contributed by atoms with Crippen LogP contribution in [0.2, 0.25) is 0 Å². The molecule has 4 heteroatoms. The molecule has 1 aliphatic rings. The fraction of sp³-hybridized carbons (Fsp3) is 0.188. The van der Waals surface area contributed by atoms with Gasteiger partial charge in [-0.25, -0.2) is 4.98 Å². The molecule has 0 fully saturated rings. The van der Waals surface area contributed by atoms with E-state index in [1.807, 2.05) is 29.2 Å². The fourth-order valence-corrected chi connectivity index (χ4v) is 2.67. The van der Waals surface area contributed by atoms with Gasteiger partial charge in [-0.15, -0.1) is 0 Å². The highest BCUT2D eigenvalue weighted by Crippen LogP contribution is 2.25. The normalized spacial score (nSPS) is 13.7. The molecule has 0 spiro atoms. The average molecular weight is 262 g/mol. The largest absolute Gasteiger partial charge is 0.306 e. The maximum atomic E-state index is 4.59. The van der Waals surface area contributed by atoms with Crippen molar-refractivity contribution in [2.75, 3.05) is 6.54 Å². The van der Waals surface area contributed by atoms with Gasteiger partial charge in [0.05, 0.1) is 5.69 Å². The van der Waals surface area contributed by atoms with E-state index in [2.05, 4.69) is 40.2 Å². The van der Waals surface area contributed by atoms with Crippen LogP contribution in [0, 0.1) is 6.92 Å². The van der Waals surface area contributed by atoms with Crippen LogP contribution in [0.25, 0.3) is 16.8 Å². The second-order valence-electron chi connectivity index (χ2n) is 5.11. The van der Waals surface area contributed by atoms with Crippen molar-refractivity contribution in [3.05, 3.63) is 53.7 Å². The number of fused-ring (bicyclic) bond motifs is 2. The van der Waals surface area contributed by atoms with Crippen molar-refractivity contribution in [3.8, 4) is 11.1 Å². The van der Waals surface area contributed by atoms with Crippen LogP contribution in [0.1, 0.15) is 16.8 Å². The van der Waals surface area contributed by atoms with Crippen LogP contribution in [-0.2, 0) is 6.42 Å². The first-order valence-corrected chi connectivity index (χ1v) is 6.74. The van der Waals surface area contributed by atoms with Gasteiger partial charge in [-0.05, 0) is 24.6 Å². The maximum Gasteiger partial charge on any atom is 0.136 e. The number of aliphatic imine (C=N–C) groups is 1. The predicted molar refractivity (Wildman–Crippen MR) is 79.3 cm³/mol. The third-order valence-corrected chi connectivity index (χ3v) is 3.76. The van der Waals surface area contributed by atoms with Crippen LogP contribution in [0.4, 0.5) is 0 Å². The first-order valence-electron chi connectivity index (χ1n) is 6.74. The minimum atomic E-state index is 0.847. The number of nitrogens with zero attached hydrogens (tertiary/aromatic N) is 4. The van der Waals surface area contributed by atoms with Crippen molar-refractivity contribution in [1.29, 1.82) is 0 Å².